The first-order chi connectivity index (χ1) is 30.8. The van der Waals surface area contributed by atoms with Crippen molar-refractivity contribution < 1.29 is 44.9 Å². The molecule has 0 aliphatic carbocycles. The van der Waals surface area contributed by atoms with Gasteiger partial charge in [0.15, 0.2) is 6.29 Å². The van der Waals surface area contributed by atoms with Gasteiger partial charge in [-0.2, -0.15) is 0 Å². The number of allylic oxidation sites excluding steroid dienone is 5. The molecular formula is C53H99NO9. The zero-order chi connectivity index (χ0) is 46.0. The molecule has 0 radical (unpaired) electrons. The third-order valence-electron chi connectivity index (χ3n) is 12.5. The quantitative estimate of drug-likeness (QED) is 0.0232. The molecule has 8 atom stereocenters. The van der Waals surface area contributed by atoms with Crippen LogP contribution >= 0.6 is 0 Å². The van der Waals surface area contributed by atoms with Crippen LogP contribution in [0.15, 0.2) is 36.5 Å². The Balaban J connectivity index is 2.36. The van der Waals surface area contributed by atoms with Gasteiger partial charge < -0.3 is 45.4 Å². The van der Waals surface area contributed by atoms with E-state index in [0.29, 0.717) is 19.3 Å². The van der Waals surface area contributed by atoms with Crippen LogP contribution in [0.25, 0.3) is 0 Å². The van der Waals surface area contributed by atoms with Crippen LogP contribution in [0.4, 0.5) is 0 Å². The topological polar surface area (TPSA) is 169 Å². The Morgan fingerprint density at radius 1 is 0.540 bits per heavy atom. The number of carbonyl (C=O) groups is 1. The molecule has 370 valence electrons. The Kier molecular flexibility index (Phi) is 40.5. The van der Waals surface area contributed by atoms with Crippen molar-refractivity contribution in [3.63, 3.8) is 0 Å². The number of hydrogen-bond donors (Lipinski definition) is 7. The van der Waals surface area contributed by atoms with Gasteiger partial charge in [0.05, 0.1) is 25.4 Å². The fourth-order valence-corrected chi connectivity index (χ4v) is 8.23. The number of amides is 1. The minimum atomic E-state index is -1.62. The van der Waals surface area contributed by atoms with E-state index in [4.69, 9.17) is 9.47 Å². The summed E-state index contributed by atoms with van der Waals surface area (Å²) >= 11 is 0. The molecule has 1 rings (SSSR count). The van der Waals surface area contributed by atoms with Crippen molar-refractivity contribution in [3.05, 3.63) is 36.5 Å². The van der Waals surface area contributed by atoms with Gasteiger partial charge >= 0.3 is 0 Å². The molecule has 1 amide bonds. The summed E-state index contributed by atoms with van der Waals surface area (Å²) in [7, 11) is 0. The number of rotatable bonds is 44. The van der Waals surface area contributed by atoms with E-state index in [0.717, 1.165) is 38.5 Å². The molecule has 1 aliphatic heterocycles. The molecule has 63 heavy (non-hydrogen) atoms. The van der Waals surface area contributed by atoms with E-state index in [9.17, 15) is 35.4 Å². The summed E-state index contributed by atoms with van der Waals surface area (Å²) in [6.45, 7) is 3.61. The van der Waals surface area contributed by atoms with Crippen molar-refractivity contribution in [2.75, 3.05) is 13.2 Å². The number of nitrogens with one attached hydrogen (secondary N) is 1. The lowest BCUT2D eigenvalue weighted by atomic mass is 9.99. The first-order valence-electron chi connectivity index (χ1n) is 26.3. The van der Waals surface area contributed by atoms with Crippen molar-refractivity contribution in [1.29, 1.82) is 0 Å². The van der Waals surface area contributed by atoms with E-state index in [1.54, 1.807) is 6.08 Å². The van der Waals surface area contributed by atoms with Crippen molar-refractivity contribution in [2.45, 2.75) is 281 Å². The molecule has 10 heteroatoms. The highest BCUT2D eigenvalue weighted by molar-refractivity contribution is 5.80. The van der Waals surface area contributed by atoms with Crippen molar-refractivity contribution in [1.82, 2.24) is 5.32 Å². The van der Waals surface area contributed by atoms with Gasteiger partial charge in [0.25, 0.3) is 0 Å². The molecular weight excluding hydrogens is 795 g/mol. The Labute approximate surface area is 385 Å². The highest BCUT2D eigenvalue weighted by Gasteiger charge is 2.44. The predicted octanol–water partition coefficient (Wildman–Crippen LogP) is 11.0. The van der Waals surface area contributed by atoms with Gasteiger partial charge in [-0.05, 0) is 57.8 Å². The second-order valence-corrected chi connectivity index (χ2v) is 18.4. The summed E-state index contributed by atoms with van der Waals surface area (Å²) in [5.74, 6) is -0.629. The summed E-state index contributed by atoms with van der Waals surface area (Å²) in [6.07, 6.45) is 43.8. The summed E-state index contributed by atoms with van der Waals surface area (Å²) in [6, 6.07) is -0.999. The summed E-state index contributed by atoms with van der Waals surface area (Å²) < 4.78 is 11.2. The average Bonchev–Trinajstić information content (AvgIpc) is 3.28. The molecule has 8 unspecified atom stereocenters. The van der Waals surface area contributed by atoms with Crippen LogP contribution in [0.5, 0.6) is 0 Å². The first kappa shape index (κ1) is 59.4. The predicted molar refractivity (Wildman–Crippen MR) is 259 cm³/mol. The number of aliphatic hydroxyl groups excluding tert-OH is 6. The van der Waals surface area contributed by atoms with Gasteiger partial charge in [0.2, 0.25) is 5.91 Å². The van der Waals surface area contributed by atoms with E-state index in [1.165, 1.54) is 161 Å². The van der Waals surface area contributed by atoms with Crippen LogP contribution in [0.2, 0.25) is 0 Å². The lowest BCUT2D eigenvalue weighted by molar-refractivity contribution is -0.302. The molecule has 0 saturated carbocycles. The highest BCUT2D eigenvalue weighted by Crippen LogP contribution is 2.23. The normalized spacial score (nSPS) is 20.9. The zero-order valence-corrected chi connectivity index (χ0v) is 40.4. The van der Waals surface area contributed by atoms with Gasteiger partial charge in [0, 0.05) is 0 Å². The SMILES string of the molecule is CCCCCCCCCCCCC/C=C\CCCCCCCCC(O)C(=O)NC(COC1OC(CO)C(O)C(O)C1O)C(O)/C=C/CC/C=C/CCCCCCCCCCCCC. The second-order valence-electron chi connectivity index (χ2n) is 18.4. The zero-order valence-electron chi connectivity index (χ0n) is 40.4. The van der Waals surface area contributed by atoms with Crippen molar-refractivity contribution in [2.24, 2.45) is 0 Å². The van der Waals surface area contributed by atoms with Crippen LogP contribution in [0, 0.1) is 0 Å². The maximum Gasteiger partial charge on any atom is 0.249 e. The maximum absolute atomic E-state index is 13.1. The smallest absolute Gasteiger partial charge is 0.249 e. The van der Waals surface area contributed by atoms with Gasteiger partial charge in [-0.25, -0.2) is 0 Å². The summed E-state index contributed by atoms with van der Waals surface area (Å²) in [5.41, 5.74) is 0. The highest BCUT2D eigenvalue weighted by atomic mass is 16.7. The number of unbranched alkanes of at least 4 members (excludes halogenated alkanes) is 29. The lowest BCUT2D eigenvalue weighted by Crippen LogP contribution is -2.60. The van der Waals surface area contributed by atoms with Gasteiger partial charge in [-0.15, -0.1) is 0 Å². The first-order valence-corrected chi connectivity index (χ1v) is 26.3. The fourth-order valence-electron chi connectivity index (χ4n) is 8.23. The van der Waals surface area contributed by atoms with E-state index in [-0.39, 0.29) is 6.61 Å². The molecule has 1 saturated heterocycles. The Morgan fingerprint density at radius 2 is 0.937 bits per heavy atom. The second kappa shape index (κ2) is 43.0. The standard InChI is InChI=1S/C53H99NO9/c1-3-5-7-9-11-13-15-17-19-21-22-23-24-26-28-30-32-34-36-38-40-42-47(57)52(61)54-45(44-62-53-51(60)50(59)49(58)48(43-55)63-53)46(56)41-39-37-35-33-31-29-27-25-20-18-16-14-12-10-8-6-4-2/h24,26,31,33,39,41,45-51,53,55-60H,3-23,25,27-30,32,34-38,40,42-44H2,1-2H3,(H,54,61)/b26-24-,33-31+,41-39+. The number of ether oxygens (including phenoxy) is 2. The summed E-state index contributed by atoms with van der Waals surface area (Å²) in [4.78, 5) is 13.1. The van der Waals surface area contributed by atoms with Crippen LogP contribution in [-0.4, -0.2) is 98.7 Å². The van der Waals surface area contributed by atoms with Crippen LogP contribution in [0.1, 0.15) is 232 Å². The minimum absolute atomic E-state index is 0.297. The third kappa shape index (κ3) is 32.7. The number of aliphatic hydroxyl groups is 6. The molecule has 1 aliphatic rings. The van der Waals surface area contributed by atoms with E-state index in [1.807, 2.05) is 6.08 Å². The molecule has 7 N–H and O–H groups in total. The molecule has 0 spiro atoms. The van der Waals surface area contributed by atoms with E-state index in [2.05, 4.69) is 43.5 Å². The largest absolute Gasteiger partial charge is 0.394 e. The Bertz CT molecular complexity index is 1100. The average molecular weight is 894 g/mol. The van der Waals surface area contributed by atoms with E-state index >= 15 is 0 Å². The molecule has 0 bridgehead atoms. The molecule has 0 aromatic heterocycles. The molecule has 1 fully saturated rings. The Morgan fingerprint density at radius 3 is 1.38 bits per heavy atom. The van der Waals surface area contributed by atoms with Crippen LogP contribution in [-0.2, 0) is 14.3 Å². The molecule has 0 aromatic rings. The maximum atomic E-state index is 13.1. The number of hydrogen-bond acceptors (Lipinski definition) is 9. The van der Waals surface area contributed by atoms with Gasteiger partial charge in [-0.3, -0.25) is 4.79 Å². The monoisotopic (exact) mass is 894 g/mol. The van der Waals surface area contributed by atoms with Crippen LogP contribution in [0.3, 0.4) is 0 Å². The van der Waals surface area contributed by atoms with Crippen molar-refractivity contribution in [3.8, 4) is 0 Å². The van der Waals surface area contributed by atoms with E-state index < -0.39 is 61.5 Å². The fraction of sp³-hybridized carbons (Fsp3) is 0.868. The molecule has 1 heterocycles. The summed E-state index contributed by atoms with van der Waals surface area (Å²) in [5, 5.41) is 64.8. The third-order valence-corrected chi connectivity index (χ3v) is 12.5. The molecule has 10 nitrogen and oxygen atoms in total. The van der Waals surface area contributed by atoms with Crippen molar-refractivity contribution >= 4 is 5.91 Å². The lowest BCUT2D eigenvalue weighted by Gasteiger charge is -2.40. The Hall–Kier alpha value is -1.63. The minimum Gasteiger partial charge on any atom is -0.394 e. The number of carbonyl (C=O) groups excluding carboxylic acids is 1. The van der Waals surface area contributed by atoms with Gasteiger partial charge in [0.1, 0.15) is 30.5 Å². The molecule has 0 aromatic carbocycles. The van der Waals surface area contributed by atoms with Crippen LogP contribution < -0.4 is 5.32 Å². The van der Waals surface area contributed by atoms with Gasteiger partial charge in [-0.1, -0.05) is 211 Å².